The van der Waals surface area contributed by atoms with Crippen LogP contribution >= 0.6 is 12.2 Å². The lowest BCUT2D eigenvalue weighted by atomic mass is 10.0. The molecule has 3 heterocycles. The molecule has 0 aliphatic carbocycles. The molecule has 0 saturated carbocycles. The zero-order valence-corrected chi connectivity index (χ0v) is 21.6. The number of nitrogens with one attached hydrogen (secondary N) is 2. The van der Waals surface area contributed by atoms with E-state index in [2.05, 4.69) is 15.6 Å². The largest absolute Gasteiger partial charge is 0.465 e. The first-order valence-electron chi connectivity index (χ1n) is 12.2. The highest BCUT2D eigenvalue weighted by Crippen LogP contribution is 2.40. The summed E-state index contributed by atoms with van der Waals surface area (Å²) in [4.78, 5) is 32.0. The SMILES string of the molecule is COC(=O)c1ccccc1-n1cccc1[C@H]1[C@@H](c2ccccn2)NC(=S)N1CCC(=O)Nc1ccccc1. The van der Waals surface area contributed by atoms with Gasteiger partial charge in [0.15, 0.2) is 5.11 Å². The number of carbonyl (C=O) groups excluding carboxylic acids is 2. The number of carbonyl (C=O) groups is 2. The lowest BCUT2D eigenvalue weighted by Gasteiger charge is -2.29. The molecular formula is C29H27N5O3S. The summed E-state index contributed by atoms with van der Waals surface area (Å²) in [5, 5.41) is 6.89. The van der Waals surface area contributed by atoms with Crippen LogP contribution in [-0.2, 0) is 9.53 Å². The van der Waals surface area contributed by atoms with Gasteiger partial charge in [-0.25, -0.2) is 4.79 Å². The molecule has 1 saturated heterocycles. The molecule has 192 valence electrons. The van der Waals surface area contributed by atoms with Crippen molar-refractivity contribution in [3.63, 3.8) is 0 Å². The van der Waals surface area contributed by atoms with Gasteiger partial charge in [-0.05, 0) is 60.7 Å². The van der Waals surface area contributed by atoms with Gasteiger partial charge in [-0.15, -0.1) is 0 Å². The molecule has 9 heteroatoms. The Hall–Kier alpha value is -4.50. The molecule has 1 aliphatic heterocycles. The maximum atomic E-state index is 12.8. The fourth-order valence-corrected chi connectivity index (χ4v) is 5.09. The zero-order valence-electron chi connectivity index (χ0n) is 20.8. The Morgan fingerprint density at radius 3 is 2.53 bits per heavy atom. The first-order valence-corrected chi connectivity index (χ1v) is 12.7. The monoisotopic (exact) mass is 525 g/mol. The molecule has 0 unspecified atom stereocenters. The van der Waals surface area contributed by atoms with E-state index in [0.29, 0.717) is 22.9 Å². The van der Waals surface area contributed by atoms with E-state index in [0.717, 1.165) is 17.1 Å². The minimum Gasteiger partial charge on any atom is -0.465 e. The lowest BCUT2D eigenvalue weighted by molar-refractivity contribution is -0.116. The maximum absolute atomic E-state index is 12.8. The van der Waals surface area contributed by atoms with Gasteiger partial charge in [-0.3, -0.25) is 9.78 Å². The fraction of sp³-hybridized carbons (Fsp3) is 0.172. The molecule has 2 atom stereocenters. The second-order valence-corrected chi connectivity index (χ2v) is 9.18. The molecule has 0 spiro atoms. The third-order valence-corrected chi connectivity index (χ3v) is 6.84. The van der Waals surface area contributed by atoms with Crippen LogP contribution in [0, 0.1) is 0 Å². The lowest BCUT2D eigenvalue weighted by Crippen LogP contribution is -2.33. The van der Waals surface area contributed by atoms with E-state index in [1.807, 2.05) is 88.5 Å². The summed E-state index contributed by atoms with van der Waals surface area (Å²) < 4.78 is 7.00. The molecule has 1 amide bonds. The van der Waals surface area contributed by atoms with Crippen LogP contribution in [0.5, 0.6) is 0 Å². The first-order chi connectivity index (χ1) is 18.6. The molecule has 38 heavy (non-hydrogen) atoms. The Bertz CT molecular complexity index is 1440. The Morgan fingerprint density at radius 2 is 1.76 bits per heavy atom. The number of nitrogens with zero attached hydrogens (tertiary/aromatic N) is 3. The molecule has 1 aliphatic rings. The van der Waals surface area contributed by atoms with E-state index in [9.17, 15) is 9.59 Å². The fourth-order valence-electron chi connectivity index (χ4n) is 4.76. The van der Waals surface area contributed by atoms with Gasteiger partial charge in [0.1, 0.15) is 0 Å². The van der Waals surface area contributed by atoms with Crippen molar-refractivity contribution in [2.75, 3.05) is 19.0 Å². The van der Waals surface area contributed by atoms with Crippen LogP contribution < -0.4 is 10.6 Å². The van der Waals surface area contributed by atoms with E-state index >= 15 is 0 Å². The van der Waals surface area contributed by atoms with E-state index < -0.39 is 5.97 Å². The maximum Gasteiger partial charge on any atom is 0.339 e. The van der Waals surface area contributed by atoms with Crippen molar-refractivity contribution < 1.29 is 14.3 Å². The highest BCUT2D eigenvalue weighted by Gasteiger charge is 2.41. The number of methoxy groups -OCH3 is 1. The smallest absolute Gasteiger partial charge is 0.339 e. The minimum atomic E-state index is -0.420. The quantitative estimate of drug-likeness (QED) is 0.256. The number of hydrogen-bond donors (Lipinski definition) is 2. The van der Waals surface area contributed by atoms with Crippen molar-refractivity contribution in [2.45, 2.75) is 18.5 Å². The van der Waals surface area contributed by atoms with Gasteiger partial charge in [-0.2, -0.15) is 0 Å². The van der Waals surface area contributed by atoms with Crippen LogP contribution in [0.15, 0.2) is 97.3 Å². The molecule has 2 aromatic carbocycles. The number of thiocarbonyl (C=S) groups is 1. The molecule has 2 aromatic heterocycles. The normalized spacial score (nSPS) is 16.7. The van der Waals surface area contributed by atoms with E-state index in [4.69, 9.17) is 17.0 Å². The van der Waals surface area contributed by atoms with Gasteiger partial charge < -0.3 is 24.8 Å². The number of pyridine rings is 1. The summed E-state index contributed by atoms with van der Waals surface area (Å²) in [6.45, 7) is 0.391. The van der Waals surface area contributed by atoms with Gasteiger partial charge in [0.25, 0.3) is 0 Å². The van der Waals surface area contributed by atoms with Gasteiger partial charge in [-0.1, -0.05) is 36.4 Å². The predicted octanol–water partition coefficient (Wildman–Crippen LogP) is 4.66. The van der Waals surface area contributed by atoms with Crippen molar-refractivity contribution >= 4 is 34.9 Å². The van der Waals surface area contributed by atoms with Gasteiger partial charge >= 0.3 is 5.97 Å². The van der Waals surface area contributed by atoms with Crippen LogP contribution in [0.4, 0.5) is 5.69 Å². The number of ether oxygens (including phenoxy) is 1. The van der Waals surface area contributed by atoms with Gasteiger partial charge in [0.05, 0.1) is 36.1 Å². The number of anilines is 1. The number of esters is 1. The molecule has 2 N–H and O–H groups in total. The summed E-state index contributed by atoms with van der Waals surface area (Å²) in [6, 6.07) is 25.8. The number of rotatable bonds is 8. The van der Waals surface area contributed by atoms with Crippen LogP contribution in [0.2, 0.25) is 0 Å². The molecule has 0 radical (unpaired) electrons. The number of benzene rings is 2. The number of aromatic nitrogens is 2. The Morgan fingerprint density at radius 1 is 1.00 bits per heavy atom. The average molecular weight is 526 g/mol. The van der Waals surface area contributed by atoms with E-state index in [1.54, 1.807) is 18.3 Å². The predicted molar refractivity (Wildman–Crippen MR) is 149 cm³/mol. The standard InChI is InChI=1S/C29H27N5O3S/c1-37-28(36)21-12-5-6-14-23(21)33-18-9-15-24(33)27-26(22-13-7-8-17-30-22)32-29(38)34(27)19-16-25(35)31-20-10-3-2-4-11-20/h2-15,17-18,26-27H,16,19H2,1H3,(H,31,35)(H,32,38)/t26-,27+/m1/s1. The second-order valence-electron chi connectivity index (χ2n) is 8.80. The van der Waals surface area contributed by atoms with Crippen molar-refractivity contribution in [2.24, 2.45) is 0 Å². The Labute approximate surface area is 226 Å². The Balaban J connectivity index is 1.49. The van der Waals surface area contributed by atoms with Crippen LogP contribution in [0.3, 0.4) is 0 Å². The molecule has 0 bridgehead atoms. The topological polar surface area (TPSA) is 88.5 Å². The highest BCUT2D eigenvalue weighted by atomic mass is 32.1. The highest BCUT2D eigenvalue weighted by molar-refractivity contribution is 7.80. The van der Waals surface area contributed by atoms with Crippen LogP contribution in [0.25, 0.3) is 5.69 Å². The summed E-state index contributed by atoms with van der Waals surface area (Å²) in [5.41, 5.74) is 3.61. The summed E-state index contributed by atoms with van der Waals surface area (Å²) in [5.74, 6) is -0.526. The summed E-state index contributed by atoms with van der Waals surface area (Å²) >= 11 is 5.77. The zero-order chi connectivity index (χ0) is 26.5. The summed E-state index contributed by atoms with van der Waals surface area (Å²) in [7, 11) is 1.37. The molecular weight excluding hydrogens is 498 g/mol. The number of para-hydroxylation sites is 2. The molecule has 5 rings (SSSR count). The second kappa shape index (κ2) is 11.3. The molecule has 8 nitrogen and oxygen atoms in total. The van der Waals surface area contributed by atoms with E-state index in [1.165, 1.54) is 7.11 Å². The number of amides is 1. The molecule has 4 aromatic rings. The molecule has 1 fully saturated rings. The van der Waals surface area contributed by atoms with Crippen molar-refractivity contribution in [3.8, 4) is 5.69 Å². The third-order valence-electron chi connectivity index (χ3n) is 6.49. The van der Waals surface area contributed by atoms with Gasteiger partial charge in [0.2, 0.25) is 5.91 Å². The van der Waals surface area contributed by atoms with Crippen LogP contribution in [0.1, 0.15) is 40.3 Å². The van der Waals surface area contributed by atoms with Gasteiger partial charge in [0, 0.05) is 36.7 Å². The summed E-state index contributed by atoms with van der Waals surface area (Å²) in [6.07, 6.45) is 3.90. The van der Waals surface area contributed by atoms with Crippen molar-refractivity contribution in [3.05, 3.63) is 114 Å². The average Bonchev–Trinajstić information content (AvgIpc) is 3.56. The Kier molecular flexibility index (Phi) is 7.46. The van der Waals surface area contributed by atoms with Crippen molar-refractivity contribution in [1.29, 1.82) is 0 Å². The van der Waals surface area contributed by atoms with Crippen LogP contribution in [-0.4, -0.2) is 45.1 Å². The van der Waals surface area contributed by atoms with Crippen molar-refractivity contribution in [1.82, 2.24) is 19.8 Å². The minimum absolute atomic E-state index is 0.106. The third kappa shape index (κ3) is 5.14. The number of hydrogen-bond acceptors (Lipinski definition) is 5. The van der Waals surface area contributed by atoms with E-state index in [-0.39, 0.29) is 24.4 Å². The first kappa shape index (κ1) is 25.2.